The van der Waals surface area contributed by atoms with E-state index in [0.29, 0.717) is 17.8 Å². The number of rotatable bonds is 5. The molecule has 0 aliphatic carbocycles. The summed E-state index contributed by atoms with van der Waals surface area (Å²) in [5.41, 5.74) is 0.973. The first-order valence-electron chi connectivity index (χ1n) is 7.01. The van der Waals surface area contributed by atoms with Crippen molar-refractivity contribution in [2.45, 2.75) is 19.4 Å². The highest BCUT2D eigenvalue weighted by molar-refractivity contribution is 7.18. The van der Waals surface area contributed by atoms with Crippen LogP contribution < -0.4 is 5.32 Å². The number of nitrogens with zero attached hydrogens (tertiary/aromatic N) is 2. The fraction of sp³-hybridized carbons (Fsp3) is 0.250. The number of aromatic nitrogens is 2. The van der Waals surface area contributed by atoms with Crippen LogP contribution >= 0.6 is 11.3 Å². The molecule has 0 aliphatic heterocycles. The van der Waals surface area contributed by atoms with Crippen LogP contribution in [0.3, 0.4) is 0 Å². The second kappa shape index (κ2) is 6.37. The van der Waals surface area contributed by atoms with Crippen molar-refractivity contribution in [3.63, 3.8) is 0 Å². The summed E-state index contributed by atoms with van der Waals surface area (Å²) in [5, 5.41) is 7.15. The molecule has 0 saturated carbocycles. The van der Waals surface area contributed by atoms with Gasteiger partial charge in [0.15, 0.2) is 5.82 Å². The lowest BCUT2D eigenvalue weighted by atomic mass is 10.2. The van der Waals surface area contributed by atoms with Crippen molar-refractivity contribution in [2.24, 2.45) is 0 Å². The molecule has 0 spiro atoms. The Labute approximate surface area is 132 Å². The molecule has 2 aromatic heterocycles. The second-order valence-electron chi connectivity index (χ2n) is 5.08. The Hall–Kier alpha value is -2.05. The summed E-state index contributed by atoms with van der Waals surface area (Å²) in [6.45, 7) is 2.06. The van der Waals surface area contributed by atoms with Gasteiger partial charge in [-0.15, -0.1) is 11.3 Å². The average Bonchev–Trinajstić information content (AvgIpc) is 3.17. The van der Waals surface area contributed by atoms with E-state index in [1.165, 1.54) is 12.1 Å². The van der Waals surface area contributed by atoms with Gasteiger partial charge in [-0.25, -0.2) is 4.39 Å². The molecule has 0 amide bonds. The molecule has 3 rings (SSSR count). The molecule has 4 nitrogen and oxygen atoms in total. The van der Waals surface area contributed by atoms with Crippen LogP contribution in [0.1, 0.15) is 12.7 Å². The fourth-order valence-electron chi connectivity index (χ4n) is 2.04. The van der Waals surface area contributed by atoms with E-state index in [0.717, 1.165) is 21.7 Å². The molecule has 114 valence electrons. The van der Waals surface area contributed by atoms with Crippen LogP contribution in [0.2, 0.25) is 0 Å². The molecule has 0 saturated heterocycles. The molecule has 6 heteroatoms. The van der Waals surface area contributed by atoms with Gasteiger partial charge in [0.05, 0.1) is 4.88 Å². The van der Waals surface area contributed by atoms with Gasteiger partial charge in [0, 0.05) is 17.3 Å². The normalized spacial score (nSPS) is 12.5. The van der Waals surface area contributed by atoms with E-state index in [1.807, 2.05) is 19.2 Å². The van der Waals surface area contributed by atoms with Gasteiger partial charge in [-0.05, 0) is 43.8 Å². The third-order valence-corrected chi connectivity index (χ3v) is 4.52. The quantitative estimate of drug-likeness (QED) is 0.778. The number of nitrogens with one attached hydrogen (secondary N) is 1. The molecule has 1 aromatic carbocycles. The highest BCUT2D eigenvalue weighted by atomic mass is 32.1. The topological polar surface area (TPSA) is 51.0 Å². The molecule has 3 aromatic rings. The molecule has 1 N–H and O–H groups in total. The van der Waals surface area contributed by atoms with Gasteiger partial charge in [-0.2, -0.15) is 4.98 Å². The van der Waals surface area contributed by atoms with Gasteiger partial charge in [-0.3, -0.25) is 0 Å². The van der Waals surface area contributed by atoms with E-state index in [1.54, 1.807) is 23.5 Å². The molecule has 0 aliphatic rings. The van der Waals surface area contributed by atoms with Crippen LogP contribution in [-0.4, -0.2) is 23.2 Å². The van der Waals surface area contributed by atoms with Gasteiger partial charge in [0.25, 0.3) is 5.89 Å². The third kappa shape index (κ3) is 3.23. The average molecular weight is 317 g/mol. The standard InChI is InChI=1S/C16H16FN3OS/c1-10(18-2)9-15-19-16(21-20-15)14-8-7-13(22-14)11-3-5-12(17)6-4-11/h3-8,10,18H,9H2,1-2H3. The summed E-state index contributed by atoms with van der Waals surface area (Å²) in [6.07, 6.45) is 0.718. The molecule has 0 bridgehead atoms. The summed E-state index contributed by atoms with van der Waals surface area (Å²) in [5.74, 6) is 0.978. The summed E-state index contributed by atoms with van der Waals surface area (Å²) in [4.78, 5) is 6.37. The molecule has 22 heavy (non-hydrogen) atoms. The van der Waals surface area contributed by atoms with Gasteiger partial charge in [-0.1, -0.05) is 17.3 Å². The first kappa shape index (κ1) is 14.9. The summed E-state index contributed by atoms with van der Waals surface area (Å²) in [6, 6.07) is 10.7. The minimum Gasteiger partial charge on any atom is -0.333 e. The highest BCUT2D eigenvalue weighted by Gasteiger charge is 2.13. The molecule has 0 fully saturated rings. The number of likely N-dealkylation sites (N-methyl/N-ethyl adjacent to an activating group) is 1. The molecule has 2 heterocycles. The van der Waals surface area contributed by atoms with Crippen molar-refractivity contribution in [1.29, 1.82) is 0 Å². The number of halogens is 1. The number of hydrogen-bond donors (Lipinski definition) is 1. The number of thiophene rings is 1. The molecule has 0 radical (unpaired) electrons. The number of hydrogen-bond acceptors (Lipinski definition) is 5. The van der Waals surface area contributed by atoms with Crippen molar-refractivity contribution in [2.75, 3.05) is 7.05 Å². The number of benzene rings is 1. The summed E-state index contributed by atoms with van der Waals surface area (Å²) in [7, 11) is 1.90. The maximum absolute atomic E-state index is 13.0. The van der Waals surface area contributed by atoms with Gasteiger partial charge in [0.2, 0.25) is 0 Å². The van der Waals surface area contributed by atoms with Crippen molar-refractivity contribution in [3.8, 4) is 21.2 Å². The zero-order valence-corrected chi connectivity index (χ0v) is 13.2. The maximum atomic E-state index is 13.0. The SMILES string of the molecule is CNC(C)Cc1noc(-c2ccc(-c3ccc(F)cc3)s2)n1. The maximum Gasteiger partial charge on any atom is 0.268 e. The van der Waals surface area contributed by atoms with E-state index < -0.39 is 0 Å². The van der Waals surface area contributed by atoms with E-state index in [4.69, 9.17) is 4.52 Å². The predicted molar refractivity (Wildman–Crippen MR) is 85.2 cm³/mol. The molecule has 1 atom stereocenters. The first-order valence-corrected chi connectivity index (χ1v) is 7.83. The lowest BCUT2D eigenvalue weighted by Crippen LogP contribution is -2.24. The summed E-state index contributed by atoms with van der Waals surface area (Å²) < 4.78 is 18.3. The van der Waals surface area contributed by atoms with Crippen LogP contribution in [-0.2, 0) is 6.42 Å². The van der Waals surface area contributed by atoms with Crippen LogP contribution in [0.25, 0.3) is 21.2 Å². The second-order valence-corrected chi connectivity index (χ2v) is 6.16. The monoisotopic (exact) mass is 317 g/mol. The van der Waals surface area contributed by atoms with Crippen LogP contribution in [0, 0.1) is 5.82 Å². The predicted octanol–water partition coefficient (Wildman–Crippen LogP) is 3.75. The Morgan fingerprint density at radius 3 is 2.64 bits per heavy atom. The third-order valence-electron chi connectivity index (χ3n) is 3.40. The Balaban J connectivity index is 1.80. The largest absolute Gasteiger partial charge is 0.333 e. The van der Waals surface area contributed by atoms with Gasteiger partial charge in [0.1, 0.15) is 5.82 Å². The Morgan fingerprint density at radius 1 is 1.18 bits per heavy atom. The van der Waals surface area contributed by atoms with Crippen molar-refractivity contribution < 1.29 is 8.91 Å². The Bertz CT molecular complexity index is 751. The molecular formula is C16H16FN3OS. The fourth-order valence-corrected chi connectivity index (χ4v) is 2.97. The zero-order valence-electron chi connectivity index (χ0n) is 12.3. The summed E-state index contributed by atoms with van der Waals surface area (Å²) >= 11 is 1.55. The van der Waals surface area contributed by atoms with Gasteiger partial charge < -0.3 is 9.84 Å². The van der Waals surface area contributed by atoms with Crippen LogP contribution in [0.5, 0.6) is 0 Å². The van der Waals surface area contributed by atoms with Crippen molar-refractivity contribution in [3.05, 3.63) is 48.0 Å². The Kier molecular flexibility index (Phi) is 4.31. The minimum atomic E-state index is -0.235. The van der Waals surface area contributed by atoms with Gasteiger partial charge >= 0.3 is 0 Å². The lowest BCUT2D eigenvalue weighted by Gasteiger charge is -2.04. The molecular weight excluding hydrogens is 301 g/mol. The van der Waals surface area contributed by atoms with E-state index in [2.05, 4.69) is 22.4 Å². The zero-order chi connectivity index (χ0) is 15.5. The van der Waals surface area contributed by atoms with Crippen LogP contribution in [0.4, 0.5) is 4.39 Å². The molecule has 1 unspecified atom stereocenters. The highest BCUT2D eigenvalue weighted by Crippen LogP contribution is 2.33. The smallest absolute Gasteiger partial charge is 0.268 e. The Morgan fingerprint density at radius 2 is 1.91 bits per heavy atom. The van der Waals surface area contributed by atoms with E-state index in [9.17, 15) is 4.39 Å². The van der Waals surface area contributed by atoms with Crippen molar-refractivity contribution in [1.82, 2.24) is 15.5 Å². The van der Waals surface area contributed by atoms with E-state index >= 15 is 0 Å². The van der Waals surface area contributed by atoms with Crippen molar-refractivity contribution >= 4 is 11.3 Å². The van der Waals surface area contributed by atoms with E-state index in [-0.39, 0.29) is 5.82 Å². The lowest BCUT2D eigenvalue weighted by molar-refractivity contribution is 0.419. The van der Waals surface area contributed by atoms with Crippen LogP contribution in [0.15, 0.2) is 40.9 Å². The first-order chi connectivity index (χ1) is 10.7. The minimum absolute atomic E-state index is 0.235.